The molecule has 1 aromatic carbocycles. The molecule has 3 saturated carbocycles. The van der Waals surface area contributed by atoms with Crippen molar-refractivity contribution in [2.75, 3.05) is 18.2 Å². The Balaban J connectivity index is 1.32. The fourth-order valence-corrected chi connectivity index (χ4v) is 9.78. The topological polar surface area (TPSA) is 100.0 Å². The summed E-state index contributed by atoms with van der Waals surface area (Å²) in [6.45, 7) is 5.81. The Morgan fingerprint density at radius 2 is 2.02 bits per heavy atom. The van der Waals surface area contributed by atoms with E-state index in [0.29, 0.717) is 18.5 Å². The van der Waals surface area contributed by atoms with Crippen molar-refractivity contribution in [1.29, 1.82) is 0 Å². The van der Waals surface area contributed by atoms with Crippen LogP contribution < -0.4 is 5.06 Å². The highest BCUT2D eigenvalue weighted by molar-refractivity contribution is 6.01. The molecule has 1 aromatic heterocycles. The average molecular weight is 547 g/mol. The van der Waals surface area contributed by atoms with Gasteiger partial charge in [0.15, 0.2) is 17.2 Å². The summed E-state index contributed by atoms with van der Waals surface area (Å²) >= 11 is 0. The van der Waals surface area contributed by atoms with Gasteiger partial charge >= 0.3 is 0 Å². The molecule has 2 heterocycles. The van der Waals surface area contributed by atoms with Crippen molar-refractivity contribution in [3.05, 3.63) is 60.3 Å². The highest BCUT2D eigenvalue weighted by atomic mass is 19.1. The molecule has 1 saturated heterocycles. The summed E-state index contributed by atoms with van der Waals surface area (Å²) in [5.41, 5.74) is -1.50. The van der Waals surface area contributed by atoms with Gasteiger partial charge in [-0.3, -0.25) is 24.5 Å². The summed E-state index contributed by atoms with van der Waals surface area (Å²) in [6, 6.07) is 9.66. The van der Waals surface area contributed by atoms with E-state index < -0.39 is 46.5 Å². The van der Waals surface area contributed by atoms with Gasteiger partial charge in [0.05, 0.1) is 23.9 Å². The molecule has 0 radical (unpaired) electrons. The third kappa shape index (κ3) is 3.02. The predicted octanol–water partition coefficient (Wildman–Crippen LogP) is 4.13. The molecule has 40 heavy (non-hydrogen) atoms. The summed E-state index contributed by atoms with van der Waals surface area (Å²) < 4.78 is 15.9. The summed E-state index contributed by atoms with van der Waals surface area (Å²) in [4.78, 5) is 37.1. The van der Waals surface area contributed by atoms with Crippen LogP contribution in [0.25, 0.3) is 10.9 Å². The molecule has 2 aromatic rings. The first-order chi connectivity index (χ1) is 19.0. The molecule has 4 aliphatic carbocycles. The fourth-order valence-electron chi connectivity index (χ4n) is 9.78. The lowest BCUT2D eigenvalue weighted by Gasteiger charge is -2.64. The maximum atomic E-state index is 15.9. The number of benzene rings is 1. The first-order valence-electron chi connectivity index (χ1n) is 14.2. The minimum atomic E-state index is -1.37. The highest BCUT2D eigenvalue weighted by Gasteiger charge is 2.79. The molecule has 9 unspecified atom stereocenters. The van der Waals surface area contributed by atoms with Crippen LogP contribution in [0.5, 0.6) is 0 Å². The van der Waals surface area contributed by atoms with Gasteiger partial charge in [0.1, 0.15) is 12.8 Å². The Morgan fingerprint density at radius 3 is 2.80 bits per heavy atom. The van der Waals surface area contributed by atoms with E-state index in [1.54, 1.807) is 17.3 Å². The second kappa shape index (κ2) is 8.30. The van der Waals surface area contributed by atoms with Crippen molar-refractivity contribution >= 4 is 28.2 Å². The van der Waals surface area contributed by atoms with E-state index in [9.17, 15) is 19.8 Å². The minimum absolute atomic E-state index is 0.174. The summed E-state index contributed by atoms with van der Waals surface area (Å²) in [5, 5.41) is 24.8. The molecule has 7 rings (SSSR count). The lowest BCUT2D eigenvalue weighted by atomic mass is 9.41. The number of aromatic nitrogens is 1. The van der Waals surface area contributed by atoms with Crippen molar-refractivity contribution in [1.82, 2.24) is 4.98 Å². The van der Waals surface area contributed by atoms with Gasteiger partial charge in [-0.15, -0.1) is 0 Å². The zero-order valence-corrected chi connectivity index (χ0v) is 23.0. The molecule has 0 bridgehead atoms. The lowest BCUT2D eigenvalue weighted by molar-refractivity contribution is -0.216. The average Bonchev–Trinajstić information content (AvgIpc) is 3.40. The Bertz CT molecular complexity index is 1510. The fraction of sp³-hybridized carbons (Fsp3) is 0.531. The van der Waals surface area contributed by atoms with Crippen molar-refractivity contribution in [3.63, 3.8) is 0 Å². The molecule has 8 heteroatoms. The number of hydroxylamine groups is 1. The molecule has 0 amide bonds. The highest BCUT2D eigenvalue weighted by Crippen LogP contribution is 2.76. The van der Waals surface area contributed by atoms with Crippen LogP contribution in [-0.2, 0) is 14.4 Å². The normalized spacial score (nSPS) is 43.6. The molecule has 9 atom stereocenters. The van der Waals surface area contributed by atoms with Gasteiger partial charge in [-0.2, -0.15) is 0 Å². The number of carbonyl (C=O) groups is 2. The van der Waals surface area contributed by atoms with Crippen molar-refractivity contribution in [3.8, 4) is 0 Å². The molecule has 0 spiro atoms. The van der Waals surface area contributed by atoms with Crippen LogP contribution >= 0.6 is 0 Å². The number of hydrogen-bond donors (Lipinski definition) is 2. The maximum Gasteiger partial charge on any atom is 0.193 e. The van der Waals surface area contributed by atoms with Gasteiger partial charge in [-0.25, -0.2) is 4.39 Å². The van der Waals surface area contributed by atoms with Crippen molar-refractivity contribution in [2.24, 2.45) is 34.0 Å². The first-order valence-corrected chi connectivity index (χ1v) is 14.2. The number of anilines is 1. The standard InChI is InChI=1S/C32H35FN2O5/c1-29-9-8-21(37)12-22(29)24(33)13-23-28(29)26(38)15-31(3)30(23,2)14-19-16-35(40-32(19,31)27(39)17-36)20-6-7-25-18(11-20)5-4-10-34-25/h4-12,19,23-24,26,28,36,38H,13-17H2,1-3H3. The molecule has 210 valence electrons. The smallest absolute Gasteiger partial charge is 0.193 e. The summed E-state index contributed by atoms with van der Waals surface area (Å²) in [6.07, 6.45) is 5.28. The van der Waals surface area contributed by atoms with Gasteiger partial charge < -0.3 is 10.2 Å². The number of nitrogens with zero attached hydrogens (tertiary/aromatic N) is 2. The van der Waals surface area contributed by atoms with Crippen LogP contribution in [-0.4, -0.2) is 57.8 Å². The van der Waals surface area contributed by atoms with Crippen LogP contribution in [0.4, 0.5) is 10.1 Å². The number of pyridine rings is 1. The molecule has 5 aliphatic rings. The van der Waals surface area contributed by atoms with Crippen LogP contribution in [0, 0.1) is 34.0 Å². The largest absolute Gasteiger partial charge is 0.393 e. The van der Waals surface area contributed by atoms with Gasteiger partial charge in [0.25, 0.3) is 0 Å². The molecular formula is C32H35FN2O5. The number of fused-ring (bicyclic) bond motifs is 8. The molecule has 1 aliphatic heterocycles. The summed E-state index contributed by atoms with van der Waals surface area (Å²) in [7, 11) is 0. The van der Waals surface area contributed by atoms with Gasteiger partial charge in [0.2, 0.25) is 0 Å². The number of rotatable bonds is 3. The minimum Gasteiger partial charge on any atom is -0.393 e. The Hall–Kier alpha value is -2.94. The van der Waals surface area contributed by atoms with Gasteiger partial charge in [-0.05, 0) is 72.6 Å². The third-order valence-corrected chi connectivity index (χ3v) is 11.7. The van der Waals surface area contributed by atoms with E-state index in [2.05, 4.69) is 11.9 Å². The monoisotopic (exact) mass is 546 g/mol. The van der Waals surface area contributed by atoms with E-state index in [1.807, 2.05) is 44.2 Å². The second-order valence-electron chi connectivity index (χ2n) is 13.2. The number of Topliss-reactive ketones (excluding diaryl/α,β-unsaturated/α-hetero) is 1. The SMILES string of the molecule is CC12C=CC(=O)C=C1C(F)CC1C2C(O)CC2(C)C1(C)CC1CN(c3ccc4ncccc4c3)OC12C(=O)CO. The number of halogens is 1. The van der Waals surface area contributed by atoms with Crippen molar-refractivity contribution < 1.29 is 29.0 Å². The van der Waals surface area contributed by atoms with E-state index >= 15 is 4.39 Å². The number of hydrogen-bond acceptors (Lipinski definition) is 7. The number of ketones is 2. The zero-order valence-electron chi connectivity index (χ0n) is 23.0. The Kier molecular flexibility index (Phi) is 5.40. The van der Waals surface area contributed by atoms with Gasteiger partial charge in [0, 0.05) is 34.2 Å². The quantitative estimate of drug-likeness (QED) is 0.597. The molecular weight excluding hydrogens is 511 g/mol. The van der Waals surface area contributed by atoms with Crippen LogP contribution in [0.2, 0.25) is 0 Å². The van der Waals surface area contributed by atoms with E-state index in [4.69, 9.17) is 4.84 Å². The van der Waals surface area contributed by atoms with Crippen LogP contribution in [0.3, 0.4) is 0 Å². The molecule has 7 nitrogen and oxygen atoms in total. The number of aliphatic hydroxyl groups is 2. The molecule has 2 N–H and O–H groups in total. The van der Waals surface area contributed by atoms with E-state index in [1.165, 1.54) is 12.2 Å². The van der Waals surface area contributed by atoms with Crippen molar-refractivity contribution in [2.45, 2.75) is 57.9 Å². The predicted molar refractivity (Wildman–Crippen MR) is 147 cm³/mol. The molecule has 4 fully saturated rings. The second-order valence-corrected chi connectivity index (χ2v) is 13.2. The third-order valence-electron chi connectivity index (χ3n) is 11.7. The van der Waals surface area contributed by atoms with Gasteiger partial charge in [-0.1, -0.05) is 32.9 Å². The summed E-state index contributed by atoms with van der Waals surface area (Å²) in [5.74, 6) is -1.45. The lowest BCUT2D eigenvalue weighted by Crippen LogP contribution is -2.67. The number of allylic oxidation sites excluding steroid dienone is 4. The Labute approximate surface area is 232 Å². The Morgan fingerprint density at radius 1 is 1.23 bits per heavy atom. The van der Waals surface area contributed by atoms with Crippen LogP contribution in [0.15, 0.2) is 60.3 Å². The van der Waals surface area contributed by atoms with E-state index in [0.717, 1.165) is 16.6 Å². The van der Waals surface area contributed by atoms with E-state index in [-0.39, 0.29) is 36.4 Å². The first kappa shape index (κ1) is 26.0. The number of alkyl halides is 1. The maximum absolute atomic E-state index is 15.9. The number of aliphatic hydroxyl groups excluding tert-OH is 2. The zero-order chi connectivity index (χ0) is 28.2. The number of carbonyl (C=O) groups excluding carboxylic acids is 2. The van der Waals surface area contributed by atoms with Crippen LogP contribution in [0.1, 0.15) is 40.0 Å².